The van der Waals surface area contributed by atoms with Crippen molar-refractivity contribution in [2.75, 3.05) is 5.32 Å². The molecule has 0 unspecified atom stereocenters. The first-order valence-electron chi connectivity index (χ1n) is 8.55. The molecule has 1 amide bonds. The molecular formula is C21H18ClN3O2. The Labute approximate surface area is 161 Å². The number of nitrogens with zero attached hydrogens (tertiary/aromatic N) is 2. The summed E-state index contributed by atoms with van der Waals surface area (Å²) in [6, 6.07) is 14.8. The quantitative estimate of drug-likeness (QED) is 0.515. The van der Waals surface area contributed by atoms with Crippen LogP contribution in [0.25, 0.3) is 16.7 Å². The first-order valence-corrected chi connectivity index (χ1v) is 8.93. The van der Waals surface area contributed by atoms with Crippen LogP contribution in [-0.4, -0.2) is 15.7 Å². The van der Waals surface area contributed by atoms with Crippen molar-refractivity contribution in [2.45, 2.75) is 20.8 Å². The fraction of sp³-hybridized carbons (Fsp3) is 0.143. The van der Waals surface area contributed by atoms with Crippen molar-refractivity contribution >= 4 is 34.2 Å². The van der Waals surface area contributed by atoms with Crippen LogP contribution in [0.2, 0.25) is 5.02 Å². The molecule has 0 aliphatic carbocycles. The summed E-state index contributed by atoms with van der Waals surface area (Å²) in [6.07, 6.45) is 0. The van der Waals surface area contributed by atoms with Gasteiger partial charge in [-0.1, -0.05) is 11.6 Å². The molecule has 4 aromatic rings. The maximum absolute atomic E-state index is 12.6. The molecule has 2 aromatic carbocycles. The summed E-state index contributed by atoms with van der Waals surface area (Å²) in [4.78, 5) is 12.6. The van der Waals surface area contributed by atoms with Crippen LogP contribution in [0.15, 0.2) is 52.9 Å². The number of aryl methyl sites for hydroxylation is 3. The molecule has 0 fully saturated rings. The van der Waals surface area contributed by atoms with E-state index in [1.807, 2.05) is 55.8 Å². The van der Waals surface area contributed by atoms with E-state index in [1.165, 1.54) is 0 Å². The molecule has 27 heavy (non-hydrogen) atoms. The second-order valence-electron chi connectivity index (χ2n) is 6.57. The van der Waals surface area contributed by atoms with E-state index >= 15 is 0 Å². The van der Waals surface area contributed by atoms with Crippen molar-refractivity contribution in [3.8, 4) is 5.69 Å². The standard InChI is InChI=1S/C21H18ClN3O2/c1-12-8-13(2)25(24-12)18-6-4-15(5-7-18)21(26)23-17-10-16-9-14(3)27-20(16)19(22)11-17/h4-11H,1-3H3,(H,23,26). The summed E-state index contributed by atoms with van der Waals surface area (Å²) in [5.74, 6) is 0.570. The van der Waals surface area contributed by atoms with Crippen LogP contribution >= 0.6 is 11.6 Å². The lowest BCUT2D eigenvalue weighted by Gasteiger charge is -2.08. The Bertz CT molecular complexity index is 1160. The van der Waals surface area contributed by atoms with Gasteiger partial charge in [0.1, 0.15) is 5.76 Å². The fourth-order valence-electron chi connectivity index (χ4n) is 3.16. The van der Waals surface area contributed by atoms with Gasteiger partial charge in [-0.3, -0.25) is 4.79 Å². The first-order chi connectivity index (χ1) is 12.9. The molecule has 0 aliphatic heterocycles. The topological polar surface area (TPSA) is 60.1 Å². The predicted octanol–water partition coefficient (Wildman–Crippen LogP) is 5.45. The van der Waals surface area contributed by atoms with Crippen LogP contribution in [0.3, 0.4) is 0 Å². The molecule has 1 N–H and O–H groups in total. The Morgan fingerprint density at radius 3 is 2.48 bits per heavy atom. The Morgan fingerprint density at radius 2 is 1.81 bits per heavy atom. The molecule has 0 saturated carbocycles. The van der Waals surface area contributed by atoms with E-state index < -0.39 is 0 Å². The van der Waals surface area contributed by atoms with Gasteiger partial charge in [-0.15, -0.1) is 0 Å². The van der Waals surface area contributed by atoms with E-state index in [2.05, 4.69) is 10.4 Å². The fourth-order valence-corrected chi connectivity index (χ4v) is 3.42. The van der Waals surface area contributed by atoms with Crippen LogP contribution in [0.1, 0.15) is 27.5 Å². The Morgan fingerprint density at radius 1 is 1.07 bits per heavy atom. The zero-order chi connectivity index (χ0) is 19.1. The van der Waals surface area contributed by atoms with Crippen molar-refractivity contribution in [2.24, 2.45) is 0 Å². The predicted molar refractivity (Wildman–Crippen MR) is 107 cm³/mol. The Kier molecular flexibility index (Phi) is 4.24. The van der Waals surface area contributed by atoms with Gasteiger partial charge in [0.25, 0.3) is 5.91 Å². The van der Waals surface area contributed by atoms with Crippen LogP contribution in [0.5, 0.6) is 0 Å². The van der Waals surface area contributed by atoms with Crippen LogP contribution in [-0.2, 0) is 0 Å². The number of hydrogen-bond acceptors (Lipinski definition) is 3. The molecule has 0 saturated heterocycles. The Hall–Kier alpha value is -3.05. The SMILES string of the molecule is Cc1cc(C)n(-c2ccc(C(=O)Nc3cc(Cl)c4oc(C)cc4c3)cc2)n1. The van der Waals surface area contributed by atoms with Crippen LogP contribution in [0.4, 0.5) is 5.69 Å². The number of benzene rings is 2. The number of aromatic nitrogens is 2. The van der Waals surface area contributed by atoms with Gasteiger partial charge in [0, 0.05) is 22.3 Å². The summed E-state index contributed by atoms with van der Waals surface area (Å²) >= 11 is 6.26. The zero-order valence-corrected chi connectivity index (χ0v) is 16.0. The highest BCUT2D eigenvalue weighted by Crippen LogP contribution is 2.30. The molecule has 0 aliphatic rings. The molecule has 0 radical (unpaired) electrons. The normalized spacial score (nSPS) is 11.1. The largest absolute Gasteiger partial charge is 0.460 e. The third-order valence-electron chi connectivity index (χ3n) is 4.34. The number of amides is 1. The lowest BCUT2D eigenvalue weighted by molar-refractivity contribution is 0.102. The van der Waals surface area contributed by atoms with Crippen molar-refractivity contribution in [3.05, 3.63) is 76.3 Å². The average molecular weight is 380 g/mol. The van der Waals surface area contributed by atoms with Gasteiger partial charge >= 0.3 is 0 Å². The van der Waals surface area contributed by atoms with Gasteiger partial charge < -0.3 is 9.73 Å². The summed E-state index contributed by atoms with van der Waals surface area (Å²) in [5, 5.41) is 8.67. The highest BCUT2D eigenvalue weighted by atomic mass is 35.5. The summed E-state index contributed by atoms with van der Waals surface area (Å²) in [6.45, 7) is 5.81. The molecule has 5 nitrogen and oxygen atoms in total. The van der Waals surface area contributed by atoms with Gasteiger partial charge in [0.15, 0.2) is 5.58 Å². The van der Waals surface area contributed by atoms with E-state index in [0.717, 1.165) is 28.2 Å². The van der Waals surface area contributed by atoms with E-state index in [-0.39, 0.29) is 5.91 Å². The maximum Gasteiger partial charge on any atom is 0.255 e. The van der Waals surface area contributed by atoms with E-state index in [4.69, 9.17) is 16.0 Å². The third-order valence-corrected chi connectivity index (χ3v) is 4.62. The van der Waals surface area contributed by atoms with Crippen LogP contribution < -0.4 is 5.32 Å². The monoisotopic (exact) mass is 379 g/mol. The number of furan rings is 1. The minimum Gasteiger partial charge on any atom is -0.460 e. The van der Waals surface area contributed by atoms with Crippen molar-refractivity contribution in [1.82, 2.24) is 9.78 Å². The number of rotatable bonds is 3. The Balaban J connectivity index is 1.57. The van der Waals surface area contributed by atoms with Gasteiger partial charge in [0.2, 0.25) is 0 Å². The number of nitrogens with one attached hydrogen (secondary N) is 1. The molecular weight excluding hydrogens is 362 g/mol. The number of carbonyl (C=O) groups excluding carboxylic acids is 1. The van der Waals surface area contributed by atoms with Gasteiger partial charge in [0.05, 0.1) is 16.4 Å². The van der Waals surface area contributed by atoms with E-state index in [1.54, 1.807) is 18.2 Å². The van der Waals surface area contributed by atoms with Crippen molar-refractivity contribution in [3.63, 3.8) is 0 Å². The van der Waals surface area contributed by atoms with Crippen LogP contribution in [0, 0.1) is 20.8 Å². The van der Waals surface area contributed by atoms with Crippen molar-refractivity contribution in [1.29, 1.82) is 0 Å². The zero-order valence-electron chi connectivity index (χ0n) is 15.2. The number of carbonyl (C=O) groups is 1. The molecule has 2 aromatic heterocycles. The second-order valence-corrected chi connectivity index (χ2v) is 6.98. The summed E-state index contributed by atoms with van der Waals surface area (Å²) in [7, 11) is 0. The number of hydrogen-bond donors (Lipinski definition) is 1. The van der Waals surface area contributed by atoms with Gasteiger partial charge in [-0.25, -0.2) is 4.68 Å². The second kappa shape index (κ2) is 6.59. The first kappa shape index (κ1) is 17.4. The number of halogens is 1. The third kappa shape index (κ3) is 3.34. The molecule has 0 atom stereocenters. The minimum atomic E-state index is -0.203. The summed E-state index contributed by atoms with van der Waals surface area (Å²) in [5.41, 5.74) is 4.72. The van der Waals surface area contributed by atoms with E-state index in [9.17, 15) is 4.79 Å². The van der Waals surface area contributed by atoms with E-state index in [0.29, 0.717) is 21.9 Å². The maximum atomic E-state index is 12.6. The average Bonchev–Trinajstić information content (AvgIpc) is 3.16. The molecule has 136 valence electrons. The molecule has 4 rings (SSSR count). The highest BCUT2D eigenvalue weighted by Gasteiger charge is 2.12. The lowest BCUT2D eigenvalue weighted by Crippen LogP contribution is -2.12. The molecule has 6 heteroatoms. The summed E-state index contributed by atoms with van der Waals surface area (Å²) < 4.78 is 7.41. The highest BCUT2D eigenvalue weighted by molar-refractivity contribution is 6.35. The minimum absolute atomic E-state index is 0.203. The van der Waals surface area contributed by atoms with Gasteiger partial charge in [-0.2, -0.15) is 5.10 Å². The molecule has 0 spiro atoms. The number of anilines is 1. The smallest absolute Gasteiger partial charge is 0.255 e. The van der Waals surface area contributed by atoms with Crippen molar-refractivity contribution < 1.29 is 9.21 Å². The van der Waals surface area contributed by atoms with Gasteiger partial charge in [-0.05, 0) is 69.3 Å². The molecule has 2 heterocycles. The number of fused-ring (bicyclic) bond motifs is 1. The molecule has 0 bridgehead atoms. The lowest BCUT2D eigenvalue weighted by atomic mass is 10.1.